The molecule has 0 spiro atoms. The van der Waals surface area contributed by atoms with Crippen molar-refractivity contribution in [3.05, 3.63) is 24.7 Å². The Labute approximate surface area is 86.9 Å². The van der Waals surface area contributed by atoms with Gasteiger partial charge in [0.15, 0.2) is 0 Å². The SMILES string of the molecule is O=P1(O)OC=CC=NC=CN1CCCl. The number of hydrogen-bond donors (Lipinski definition) is 1. The van der Waals surface area contributed by atoms with Crippen molar-refractivity contribution in [1.29, 1.82) is 0 Å². The Hall–Kier alpha value is -0.770. The molecule has 5 nitrogen and oxygen atoms in total. The number of allylic oxidation sites excluding steroid dienone is 1. The molecule has 0 aromatic carbocycles. The summed E-state index contributed by atoms with van der Waals surface area (Å²) in [4.78, 5) is 13.2. The fourth-order valence-electron chi connectivity index (χ4n) is 0.797. The van der Waals surface area contributed by atoms with Crippen molar-refractivity contribution in [1.82, 2.24) is 4.67 Å². The summed E-state index contributed by atoms with van der Waals surface area (Å²) in [5.41, 5.74) is 0. The topological polar surface area (TPSA) is 62.1 Å². The zero-order valence-electron chi connectivity index (χ0n) is 7.28. The Morgan fingerprint density at radius 2 is 2.43 bits per heavy atom. The molecule has 1 atom stereocenters. The van der Waals surface area contributed by atoms with Gasteiger partial charge in [-0.1, -0.05) is 0 Å². The smallest absolute Gasteiger partial charge is 0.417 e. The zero-order valence-corrected chi connectivity index (χ0v) is 8.93. The van der Waals surface area contributed by atoms with Gasteiger partial charge in [-0.15, -0.1) is 11.6 Å². The average molecular weight is 237 g/mol. The Kier molecular flexibility index (Phi) is 4.20. The number of alkyl halides is 1. The maximum absolute atomic E-state index is 11.5. The minimum atomic E-state index is -3.82. The highest BCUT2D eigenvalue weighted by atomic mass is 35.5. The van der Waals surface area contributed by atoms with Crippen LogP contribution in [-0.2, 0) is 9.09 Å². The zero-order chi connectivity index (χ0) is 10.4. The quantitative estimate of drug-likeness (QED) is 0.586. The van der Waals surface area contributed by atoms with Crippen LogP contribution in [0.5, 0.6) is 0 Å². The van der Waals surface area contributed by atoms with Crippen molar-refractivity contribution >= 4 is 25.6 Å². The summed E-state index contributed by atoms with van der Waals surface area (Å²) < 4.78 is 17.3. The molecule has 1 N–H and O–H groups in total. The van der Waals surface area contributed by atoms with E-state index in [4.69, 9.17) is 11.6 Å². The van der Waals surface area contributed by atoms with Gasteiger partial charge < -0.3 is 4.52 Å². The van der Waals surface area contributed by atoms with Gasteiger partial charge in [-0.3, -0.25) is 14.6 Å². The van der Waals surface area contributed by atoms with Crippen molar-refractivity contribution in [2.45, 2.75) is 0 Å². The van der Waals surface area contributed by atoms with Crippen LogP contribution in [0.15, 0.2) is 29.7 Å². The molecule has 1 aliphatic rings. The molecule has 0 aromatic rings. The van der Waals surface area contributed by atoms with Crippen molar-refractivity contribution < 1.29 is 14.0 Å². The minimum absolute atomic E-state index is 0.217. The highest BCUT2D eigenvalue weighted by molar-refractivity contribution is 7.50. The lowest BCUT2D eigenvalue weighted by Crippen LogP contribution is -2.16. The second kappa shape index (κ2) is 5.20. The monoisotopic (exact) mass is 236 g/mol. The number of halogens is 1. The normalized spacial score (nSPS) is 26.6. The molecule has 0 aliphatic carbocycles. The fourth-order valence-corrected chi connectivity index (χ4v) is 2.03. The lowest BCUT2D eigenvalue weighted by molar-refractivity contribution is 0.291. The van der Waals surface area contributed by atoms with Crippen LogP contribution in [0.3, 0.4) is 0 Å². The van der Waals surface area contributed by atoms with E-state index < -0.39 is 7.75 Å². The van der Waals surface area contributed by atoms with Crippen molar-refractivity contribution in [3.63, 3.8) is 0 Å². The van der Waals surface area contributed by atoms with Crippen LogP contribution in [0, 0.1) is 0 Å². The summed E-state index contributed by atoms with van der Waals surface area (Å²) in [5, 5.41) is 0. The molecule has 7 heteroatoms. The molecule has 1 heterocycles. The Morgan fingerprint density at radius 1 is 1.64 bits per heavy atom. The van der Waals surface area contributed by atoms with Gasteiger partial charge in [0.1, 0.15) is 0 Å². The first-order valence-corrected chi connectivity index (χ1v) is 5.92. The van der Waals surface area contributed by atoms with Crippen molar-refractivity contribution in [3.8, 4) is 0 Å². The Bertz CT molecular complexity index is 316. The summed E-state index contributed by atoms with van der Waals surface area (Å²) in [6, 6.07) is 0. The summed E-state index contributed by atoms with van der Waals surface area (Å²) >= 11 is 5.48. The van der Waals surface area contributed by atoms with E-state index >= 15 is 0 Å². The van der Waals surface area contributed by atoms with Gasteiger partial charge in [-0.2, -0.15) is 0 Å². The summed E-state index contributed by atoms with van der Waals surface area (Å²) in [6.45, 7) is 0.217. The number of rotatable bonds is 2. The third-order valence-corrected chi connectivity index (χ3v) is 2.96. The highest BCUT2D eigenvalue weighted by Gasteiger charge is 2.26. The van der Waals surface area contributed by atoms with E-state index in [1.807, 2.05) is 0 Å². The molecule has 1 rings (SSSR count). The van der Waals surface area contributed by atoms with Gasteiger partial charge in [0.05, 0.1) is 6.26 Å². The van der Waals surface area contributed by atoms with Gasteiger partial charge in [-0.05, 0) is 6.08 Å². The van der Waals surface area contributed by atoms with E-state index in [0.717, 1.165) is 10.9 Å². The first-order valence-electron chi connectivity index (χ1n) is 3.86. The van der Waals surface area contributed by atoms with Crippen LogP contribution < -0.4 is 0 Å². The molecule has 0 saturated carbocycles. The molecule has 0 bridgehead atoms. The standard InChI is InChI=1S/C7H10ClN2O3P/c8-2-5-10-6-4-9-3-1-7-13-14(10,11)12/h1,3-4,6-7H,2,5H2,(H,11,12). The molecule has 1 unspecified atom stereocenters. The summed E-state index contributed by atoms with van der Waals surface area (Å²) in [6.07, 6.45) is 6.76. The van der Waals surface area contributed by atoms with Crippen LogP contribution in [0.2, 0.25) is 0 Å². The number of nitrogens with zero attached hydrogens (tertiary/aromatic N) is 2. The molecule has 0 fully saturated rings. The molecule has 0 amide bonds. The van der Waals surface area contributed by atoms with E-state index in [1.165, 1.54) is 24.7 Å². The predicted octanol–water partition coefficient (Wildman–Crippen LogP) is 1.71. The van der Waals surface area contributed by atoms with Gasteiger partial charge in [0, 0.05) is 31.0 Å². The highest BCUT2D eigenvalue weighted by Crippen LogP contribution is 2.46. The van der Waals surface area contributed by atoms with Crippen molar-refractivity contribution in [2.75, 3.05) is 12.4 Å². The second-order valence-electron chi connectivity index (χ2n) is 2.37. The van der Waals surface area contributed by atoms with E-state index in [9.17, 15) is 9.46 Å². The van der Waals surface area contributed by atoms with Crippen LogP contribution in [0.25, 0.3) is 0 Å². The first-order chi connectivity index (χ1) is 6.67. The largest absolute Gasteiger partial charge is 0.485 e. The summed E-state index contributed by atoms with van der Waals surface area (Å²) in [7, 11) is -3.82. The maximum Gasteiger partial charge on any atom is 0.485 e. The molecule has 14 heavy (non-hydrogen) atoms. The van der Waals surface area contributed by atoms with Crippen LogP contribution >= 0.6 is 19.3 Å². The van der Waals surface area contributed by atoms with E-state index in [1.54, 1.807) is 0 Å². The third-order valence-electron chi connectivity index (χ3n) is 1.41. The molecular weight excluding hydrogens is 227 g/mol. The van der Waals surface area contributed by atoms with Crippen LogP contribution in [0.1, 0.15) is 0 Å². The van der Waals surface area contributed by atoms with Gasteiger partial charge in [0.25, 0.3) is 0 Å². The second-order valence-corrected chi connectivity index (χ2v) is 4.46. The predicted molar refractivity (Wildman–Crippen MR) is 55.1 cm³/mol. The molecule has 1 aliphatic heterocycles. The van der Waals surface area contributed by atoms with E-state index in [0.29, 0.717) is 0 Å². The lowest BCUT2D eigenvalue weighted by Gasteiger charge is -2.22. The molecule has 0 saturated heterocycles. The summed E-state index contributed by atoms with van der Waals surface area (Å²) in [5.74, 6) is 0.228. The van der Waals surface area contributed by atoms with Crippen LogP contribution in [0.4, 0.5) is 0 Å². The van der Waals surface area contributed by atoms with E-state index in [2.05, 4.69) is 9.52 Å². The molecule has 0 aromatic heterocycles. The molecular formula is C7H10ClN2O3P. The Morgan fingerprint density at radius 3 is 3.14 bits per heavy atom. The van der Waals surface area contributed by atoms with Crippen LogP contribution in [-0.4, -0.2) is 28.2 Å². The third kappa shape index (κ3) is 3.18. The van der Waals surface area contributed by atoms with Crippen molar-refractivity contribution in [2.24, 2.45) is 4.99 Å². The maximum atomic E-state index is 11.5. The fraction of sp³-hybridized carbons (Fsp3) is 0.286. The number of aliphatic imine (C=N–C) groups is 1. The number of hydrogen-bond acceptors (Lipinski definition) is 3. The first kappa shape index (κ1) is 11.3. The molecule has 0 radical (unpaired) electrons. The minimum Gasteiger partial charge on any atom is -0.417 e. The van der Waals surface area contributed by atoms with E-state index in [-0.39, 0.29) is 12.4 Å². The lowest BCUT2D eigenvalue weighted by atomic mass is 10.7. The van der Waals surface area contributed by atoms with Gasteiger partial charge in [-0.25, -0.2) is 4.57 Å². The average Bonchev–Trinajstić information content (AvgIpc) is 2.20. The Balaban J connectivity index is 2.86. The van der Waals surface area contributed by atoms with Gasteiger partial charge in [0.2, 0.25) is 0 Å². The van der Waals surface area contributed by atoms with Gasteiger partial charge >= 0.3 is 7.75 Å². The molecule has 78 valence electrons.